The van der Waals surface area contributed by atoms with Gasteiger partial charge < -0.3 is 16.0 Å². The topological polar surface area (TPSA) is 66.3 Å². The van der Waals surface area contributed by atoms with Gasteiger partial charge in [0, 0.05) is 38.4 Å². The van der Waals surface area contributed by atoms with E-state index in [1.165, 1.54) is 0 Å². The van der Waals surface area contributed by atoms with Crippen molar-refractivity contribution in [2.24, 2.45) is 12.0 Å². The van der Waals surface area contributed by atoms with Crippen LogP contribution < -0.4 is 16.0 Å². The summed E-state index contributed by atoms with van der Waals surface area (Å²) in [5, 5.41) is 14.1. The number of aliphatic imine (C=N–C) groups is 1. The minimum atomic E-state index is 0.145. The maximum Gasteiger partial charge on any atom is 0.191 e. The lowest BCUT2D eigenvalue weighted by atomic mass is 10.1. The van der Waals surface area contributed by atoms with Gasteiger partial charge in [0.2, 0.25) is 0 Å². The highest BCUT2D eigenvalue weighted by atomic mass is 15.3. The summed E-state index contributed by atoms with van der Waals surface area (Å²) in [6, 6.07) is 1.98. The zero-order valence-electron chi connectivity index (χ0n) is 13.3. The molecule has 1 aromatic heterocycles. The van der Waals surface area contributed by atoms with E-state index in [-0.39, 0.29) is 5.54 Å². The van der Waals surface area contributed by atoms with Crippen LogP contribution in [0.5, 0.6) is 0 Å². The first-order valence-corrected chi connectivity index (χ1v) is 7.16. The van der Waals surface area contributed by atoms with Crippen LogP contribution in [0.15, 0.2) is 17.3 Å². The van der Waals surface area contributed by atoms with Gasteiger partial charge in [0.25, 0.3) is 0 Å². The Kier molecular flexibility index (Phi) is 6.51. The molecule has 0 aliphatic rings. The van der Waals surface area contributed by atoms with E-state index in [0.29, 0.717) is 6.54 Å². The van der Waals surface area contributed by atoms with Gasteiger partial charge in [-0.3, -0.25) is 4.68 Å². The SMILES string of the molecule is CCNC(=NCc1ccnn1C)NCCNC(C)(C)C. The van der Waals surface area contributed by atoms with Crippen LogP contribution in [0.3, 0.4) is 0 Å². The Morgan fingerprint density at radius 2 is 2.05 bits per heavy atom. The highest BCUT2D eigenvalue weighted by Crippen LogP contribution is 1.98. The van der Waals surface area contributed by atoms with Crippen LogP contribution in [0.1, 0.15) is 33.4 Å². The first-order chi connectivity index (χ1) is 9.42. The lowest BCUT2D eigenvalue weighted by Gasteiger charge is -2.21. The Morgan fingerprint density at radius 3 is 2.60 bits per heavy atom. The number of nitrogens with one attached hydrogen (secondary N) is 3. The van der Waals surface area contributed by atoms with Crippen LogP contribution in [0.2, 0.25) is 0 Å². The van der Waals surface area contributed by atoms with Crippen LogP contribution in [-0.4, -0.2) is 40.9 Å². The molecule has 0 aromatic carbocycles. The Hall–Kier alpha value is -1.56. The van der Waals surface area contributed by atoms with Crippen molar-refractivity contribution in [3.8, 4) is 0 Å². The zero-order valence-corrected chi connectivity index (χ0v) is 13.3. The molecule has 6 heteroatoms. The Bertz CT molecular complexity index is 416. The summed E-state index contributed by atoms with van der Waals surface area (Å²) in [4.78, 5) is 4.56. The van der Waals surface area contributed by atoms with Crippen molar-refractivity contribution in [2.45, 2.75) is 39.8 Å². The molecule has 0 amide bonds. The van der Waals surface area contributed by atoms with Gasteiger partial charge in [-0.25, -0.2) is 4.99 Å². The number of guanidine groups is 1. The molecular formula is C14H28N6. The van der Waals surface area contributed by atoms with E-state index in [9.17, 15) is 0 Å². The molecule has 20 heavy (non-hydrogen) atoms. The summed E-state index contributed by atoms with van der Waals surface area (Å²) < 4.78 is 1.84. The third-order valence-corrected chi connectivity index (χ3v) is 2.74. The fraction of sp³-hybridized carbons (Fsp3) is 0.714. The summed E-state index contributed by atoms with van der Waals surface area (Å²) in [6.07, 6.45) is 1.79. The van der Waals surface area contributed by atoms with Gasteiger partial charge in [-0.05, 0) is 33.8 Å². The van der Waals surface area contributed by atoms with Crippen LogP contribution in [0.4, 0.5) is 0 Å². The monoisotopic (exact) mass is 280 g/mol. The second-order valence-corrected chi connectivity index (χ2v) is 5.74. The molecule has 0 aliphatic carbocycles. The molecule has 0 saturated carbocycles. The Balaban J connectivity index is 2.41. The second kappa shape index (κ2) is 7.89. The van der Waals surface area contributed by atoms with Gasteiger partial charge in [0.05, 0.1) is 12.2 Å². The molecule has 1 aromatic rings. The van der Waals surface area contributed by atoms with Gasteiger partial charge >= 0.3 is 0 Å². The van der Waals surface area contributed by atoms with Gasteiger partial charge in [0.1, 0.15) is 0 Å². The van der Waals surface area contributed by atoms with Crippen LogP contribution in [0.25, 0.3) is 0 Å². The lowest BCUT2D eigenvalue weighted by molar-refractivity contribution is 0.428. The quantitative estimate of drug-likeness (QED) is 0.411. The van der Waals surface area contributed by atoms with Crippen molar-refractivity contribution in [1.82, 2.24) is 25.7 Å². The van der Waals surface area contributed by atoms with Crippen LogP contribution >= 0.6 is 0 Å². The summed E-state index contributed by atoms with van der Waals surface area (Å²) in [6.45, 7) is 11.8. The molecule has 0 bridgehead atoms. The van der Waals surface area contributed by atoms with Gasteiger partial charge in [-0.1, -0.05) is 0 Å². The average Bonchev–Trinajstić information content (AvgIpc) is 2.76. The van der Waals surface area contributed by atoms with Crippen molar-refractivity contribution in [2.75, 3.05) is 19.6 Å². The minimum absolute atomic E-state index is 0.145. The van der Waals surface area contributed by atoms with E-state index in [1.54, 1.807) is 6.20 Å². The maximum atomic E-state index is 4.56. The molecule has 0 aliphatic heterocycles. The Morgan fingerprint density at radius 1 is 1.30 bits per heavy atom. The van der Waals surface area contributed by atoms with Gasteiger partial charge in [-0.2, -0.15) is 5.10 Å². The van der Waals surface area contributed by atoms with E-state index < -0.39 is 0 Å². The number of hydrogen-bond acceptors (Lipinski definition) is 3. The fourth-order valence-electron chi connectivity index (χ4n) is 1.68. The molecule has 0 spiro atoms. The molecule has 114 valence electrons. The smallest absolute Gasteiger partial charge is 0.191 e. The van der Waals surface area contributed by atoms with E-state index >= 15 is 0 Å². The molecule has 0 unspecified atom stereocenters. The number of aryl methyl sites for hydroxylation is 1. The molecule has 0 radical (unpaired) electrons. The fourth-order valence-corrected chi connectivity index (χ4v) is 1.68. The minimum Gasteiger partial charge on any atom is -0.357 e. The van der Waals surface area contributed by atoms with E-state index in [4.69, 9.17) is 0 Å². The average molecular weight is 280 g/mol. The van der Waals surface area contributed by atoms with E-state index in [0.717, 1.165) is 31.3 Å². The molecule has 0 fully saturated rings. The van der Waals surface area contributed by atoms with Crippen molar-refractivity contribution in [1.29, 1.82) is 0 Å². The Labute approximate surface area is 122 Å². The maximum absolute atomic E-state index is 4.56. The summed E-state index contributed by atoms with van der Waals surface area (Å²) >= 11 is 0. The van der Waals surface area contributed by atoms with Crippen LogP contribution in [-0.2, 0) is 13.6 Å². The lowest BCUT2D eigenvalue weighted by Crippen LogP contribution is -2.44. The number of nitrogens with zero attached hydrogens (tertiary/aromatic N) is 3. The van der Waals surface area contributed by atoms with Crippen molar-refractivity contribution >= 4 is 5.96 Å². The number of hydrogen-bond donors (Lipinski definition) is 3. The highest BCUT2D eigenvalue weighted by molar-refractivity contribution is 5.79. The first kappa shape index (κ1) is 16.5. The summed E-state index contributed by atoms with van der Waals surface area (Å²) in [5.41, 5.74) is 1.24. The predicted molar refractivity (Wildman–Crippen MR) is 83.8 cm³/mol. The predicted octanol–water partition coefficient (Wildman–Crippen LogP) is 0.863. The first-order valence-electron chi connectivity index (χ1n) is 7.16. The van der Waals surface area contributed by atoms with Crippen molar-refractivity contribution in [3.05, 3.63) is 18.0 Å². The number of aromatic nitrogens is 2. The molecule has 3 N–H and O–H groups in total. The zero-order chi connectivity index (χ0) is 15.0. The normalized spacial score (nSPS) is 12.6. The summed E-state index contributed by atoms with van der Waals surface area (Å²) in [5.74, 6) is 0.837. The van der Waals surface area contributed by atoms with Gasteiger partial charge in [-0.15, -0.1) is 0 Å². The van der Waals surface area contributed by atoms with Gasteiger partial charge in [0.15, 0.2) is 5.96 Å². The van der Waals surface area contributed by atoms with E-state index in [2.05, 4.69) is 53.7 Å². The van der Waals surface area contributed by atoms with E-state index in [1.807, 2.05) is 17.8 Å². The molecule has 0 saturated heterocycles. The summed E-state index contributed by atoms with van der Waals surface area (Å²) in [7, 11) is 1.93. The molecular weight excluding hydrogens is 252 g/mol. The number of rotatable bonds is 6. The van der Waals surface area contributed by atoms with Crippen LogP contribution in [0, 0.1) is 0 Å². The third-order valence-electron chi connectivity index (χ3n) is 2.74. The highest BCUT2D eigenvalue weighted by Gasteiger charge is 2.07. The standard InChI is InChI=1S/C14H28N6/c1-6-15-13(16-9-10-18-14(2,3)4)17-11-12-7-8-19-20(12)5/h7-8,18H,6,9-11H2,1-5H3,(H2,15,16,17). The second-order valence-electron chi connectivity index (χ2n) is 5.74. The van der Waals surface area contributed by atoms with Crippen molar-refractivity contribution < 1.29 is 0 Å². The third kappa shape index (κ3) is 6.56. The van der Waals surface area contributed by atoms with Crippen molar-refractivity contribution in [3.63, 3.8) is 0 Å². The molecule has 0 atom stereocenters. The molecule has 6 nitrogen and oxygen atoms in total. The largest absolute Gasteiger partial charge is 0.357 e. The molecule has 1 heterocycles. The molecule has 1 rings (SSSR count).